The van der Waals surface area contributed by atoms with Gasteiger partial charge in [0, 0.05) is 32.7 Å². The fourth-order valence-electron chi connectivity index (χ4n) is 3.69. The number of hydrogen-bond acceptors (Lipinski definition) is 5. The Morgan fingerprint density at radius 3 is 2.38 bits per heavy atom. The number of benzene rings is 2. The molecule has 9 heteroatoms. The second-order valence-electron chi connectivity index (χ2n) is 8.27. The summed E-state index contributed by atoms with van der Waals surface area (Å²) in [4.78, 5) is 22.9. The first-order chi connectivity index (χ1) is 16.2. The van der Waals surface area contributed by atoms with Crippen LogP contribution >= 0.6 is 11.3 Å². The van der Waals surface area contributed by atoms with E-state index in [-0.39, 0.29) is 25.1 Å². The Bertz CT molecular complexity index is 1140. The van der Waals surface area contributed by atoms with Crippen LogP contribution < -0.4 is 4.90 Å². The van der Waals surface area contributed by atoms with E-state index in [4.69, 9.17) is 4.84 Å². The van der Waals surface area contributed by atoms with E-state index in [2.05, 4.69) is 5.16 Å². The molecule has 0 aliphatic carbocycles. The van der Waals surface area contributed by atoms with Gasteiger partial charge in [0.25, 0.3) is 5.91 Å². The average Bonchev–Trinajstić information content (AvgIpc) is 3.51. The number of anilines is 1. The van der Waals surface area contributed by atoms with Gasteiger partial charge >= 0.3 is 6.18 Å². The normalized spacial score (nSPS) is 15.6. The van der Waals surface area contributed by atoms with Crippen LogP contribution in [0, 0.1) is 0 Å². The van der Waals surface area contributed by atoms with Crippen molar-refractivity contribution < 1.29 is 22.8 Å². The van der Waals surface area contributed by atoms with Gasteiger partial charge in [0.05, 0.1) is 22.7 Å². The quantitative estimate of drug-likeness (QED) is 0.432. The monoisotopic (exact) mass is 487 g/mol. The van der Waals surface area contributed by atoms with Crippen LogP contribution in [0.15, 0.2) is 71.2 Å². The van der Waals surface area contributed by atoms with Crippen LogP contribution in [0.2, 0.25) is 0 Å². The molecule has 3 aromatic rings. The number of carbonyl (C=O) groups excluding carboxylic acids is 1. The van der Waals surface area contributed by atoms with Crippen molar-refractivity contribution in [3.63, 3.8) is 0 Å². The number of amides is 1. The zero-order chi connectivity index (χ0) is 24.3. The predicted octanol–water partition coefficient (Wildman–Crippen LogP) is 5.67. The Morgan fingerprint density at radius 1 is 1.09 bits per heavy atom. The predicted molar refractivity (Wildman–Crippen MR) is 127 cm³/mol. The lowest BCUT2D eigenvalue weighted by atomic mass is 10.0. The van der Waals surface area contributed by atoms with E-state index < -0.39 is 11.7 Å². The van der Waals surface area contributed by atoms with Crippen molar-refractivity contribution in [2.75, 3.05) is 25.5 Å². The first-order valence-corrected chi connectivity index (χ1v) is 11.6. The number of carbonyl (C=O) groups is 1. The van der Waals surface area contributed by atoms with Gasteiger partial charge in [-0.2, -0.15) is 13.2 Å². The van der Waals surface area contributed by atoms with Gasteiger partial charge in [-0.3, -0.25) is 4.79 Å². The number of alkyl halides is 3. The van der Waals surface area contributed by atoms with Gasteiger partial charge in [-0.1, -0.05) is 35.5 Å². The van der Waals surface area contributed by atoms with Crippen molar-refractivity contribution in [1.82, 2.24) is 4.90 Å². The van der Waals surface area contributed by atoms with E-state index in [0.717, 1.165) is 29.1 Å². The lowest BCUT2D eigenvalue weighted by Gasteiger charge is -2.24. The van der Waals surface area contributed by atoms with Crippen LogP contribution in [0.3, 0.4) is 0 Å². The summed E-state index contributed by atoms with van der Waals surface area (Å²) in [7, 11) is 3.94. The highest BCUT2D eigenvalue weighted by Gasteiger charge is 2.31. The molecule has 4 rings (SSSR count). The number of halogens is 3. The molecule has 0 fully saturated rings. The maximum Gasteiger partial charge on any atom is 0.416 e. The van der Waals surface area contributed by atoms with E-state index in [1.165, 1.54) is 23.5 Å². The summed E-state index contributed by atoms with van der Waals surface area (Å²) in [5.41, 5.74) is 2.71. The minimum absolute atomic E-state index is 0.168. The van der Waals surface area contributed by atoms with E-state index >= 15 is 0 Å². The number of nitrogens with zero attached hydrogens (tertiary/aromatic N) is 3. The Kier molecular flexibility index (Phi) is 6.92. The topological polar surface area (TPSA) is 45.1 Å². The summed E-state index contributed by atoms with van der Waals surface area (Å²) >= 11 is 1.32. The smallest absolute Gasteiger partial charge is 0.390 e. The molecule has 1 unspecified atom stereocenters. The first-order valence-electron chi connectivity index (χ1n) is 10.7. The number of hydrogen-bond donors (Lipinski definition) is 0. The van der Waals surface area contributed by atoms with Gasteiger partial charge < -0.3 is 14.6 Å². The molecular formula is C25H24F3N3O2S. The van der Waals surface area contributed by atoms with E-state index in [0.29, 0.717) is 16.9 Å². The fourth-order valence-corrected chi connectivity index (χ4v) is 4.38. The summed E-state index contributed by atoms with van der Waals surface area (Å²) < 4.78 is 38.7. The molecule has 34 heavy (non-hydrogen) atoms. The minimum atomic E-state index is -4.40. The number of oxime groups is 1. The second-order valence-corrected chi connectivity index (χ2v) is 9.22. The van der Waals surface area contributed by atoms with Crippen LogP contribution in [-0.4, -0.2) is 43.3 Å². The van der Waals surface area contributed by atoms with Gasteiger partial charge in [0.1, 0.15) is 0 Å². The Labute approximate surface area is 200 Å². The molecule has 0 bridgehead atoms. The van der Waals surface area contributed by atoms with Crippen molar-refractivity contribution in [1.29, 1.82) is 0 Å². The van der Waals surface area contributed by atoms with E-state index in [1.807, 2.05) is 48.6 Å². The van der Waals surface area contributed by atoms with Crippen LogP contribution in [-0.2, 0) is 17.6 Å². The van der Waals surface area contributed by atoms with Gasteiger partial charge in [-0.05, 0) is 46.8 Å². The lowest BCUT2D eigenvalue weighted by molar-refractivity contribution is -0.137. The molecule has 1 aromatic heterocycles. The molecule has 2 heterocycles. The molecule has 1 aliphatic heterocycles. The zero-order valence-corrected chi connectivity index (χ0v) is 19.6. The van der Waals surface area contributed by atoms with Crippen molar-refractivity contribution >= 4 is 28.6 Å². The molecule has 1 amide bonds. The summed E-state index contributed by atoms with van der Waals surface area (Å²) in [5, 5.41) is 6.04. The molecule has 5 nitrogen and oxygen atoms in total. The molecule has 0 radical (unpaired) electrons. The van der Waals surface area contributed by atoms with Crippen LogP contribution in [0.25, 0.3) is 0 Å². The Morgan fingerprint density at radius 2 is 1.79 bits per heavy atom. The van der Waals surface area contributed by atoms with Crippen LogP contribution in [0.1, 0.15) is 32.8 Å². The highest BCUT2D eigenvalue weighted by molar-refractivity contribution is 7.12. The van der Waals surface area contributed by atoms with Gasteiger partial charge in [0.15, 0.2) is 6.10 Å². The summed E-state index contributed by atoms with van der Waals surface area (Å²) in [6, 6.07) is 16.4. The lowest BCUT2D eigenvalue weighted by Crippen LogP contribution is -2.37. The van der Waals surface area contributed by atoms with Gasteiger partial charge in [-0.15, -0.1) is 11.3 Å². The fraction of sp³-hybridized carbons (Fsp3) is 0.280. The molecule has 0 saturated carbocycles. The first kappa shape index (κ1) is 23.8. The summed E-state index contributed by atoms with van der Waals surface area (Å²) in [6.45, 7) is 0.433. The second kappa shape index (κ2) is 9.89. The highest BCUT2D eigenvalue weighted by atomic mass is 32.1. The van der Waals surface area contributed by atoms with Gasteiger partial charge in [-0.25, -0.2) is 0 Å². The zero-order valence-electron chi connectivity index (χ0n) is 18.7. The largest absolute Gasteiger partial charge is 0.416 e. The van der Waals surface area contributed by atoms with Crippen molar-refractivity contribution in [3.05, 3.63) is 87.6 Å². The number of thiophene rings is 1. The molecule has 1 aliphatic rings. The standard InChI is InChI=1S/C25H24F3N3O2S/c1-30(2)20-11-7-18(8-12-20)22-14-21(33-29-22)16-31(24(32)23-4-3-13-34-23)15-17-5-9-19(10-6-17)25(26,27)28/h3-13,21H,14-16H2,1-2H3. The minimum Gasteiger partial charge on any atom is -0.390 e. The third kappa shape index (κ3) is 5.59. The average molecular weight is 488 g/mol. The van der Waals surface area contributed by atoms with E-state index in [9.17, 15) is 18.0 Å². The summed E-state index contributed by atoms with van der Waals surface area (Å²) in [5.74, 6) is -0.192. The SMILES string of the molecule is CN(C)c1ccc(C2=NOC(CN(Cc3ccc(C(F)(F)F)cc3)C(=O)c3cccs3)C2)cc1. The highest BCUT2D eigenvalue weighted by Crippen LogP contribution is 2.29. The van der Waals surface area contributed by atoms with Crippen LogP contribution in [0.4, 0.5) is 18.9 Å². The van der Waals surface area contributed by atoms with Crippen molar-refractivity contribution in [3.8, 4) is 0 Å². The third-order valence-electron chi connectivity index (χ3n) is 5.55. The molecule has 2 aromatic carbocycles. The van der Waals surface area contributed by atoms with Crippen molar-refractivity contribution in [2.45, 2.75) is 25.2 Å². The number of rotatable bonds is 7. The Balaban J connectivity index is 1.46. The Hall–Kier alpha value is -3.33. The van der Waals surface area contributed by atoms with Crippen LogP contribution in [0.5, 0.6) is 0 Å². The maximum atomic E-state index is 13.1. The molecular weight excluding hydrogens is 463 g/mol. The molecule has 1 atom stereocenters. The van der Waals surface area contributed by atoms with E-state index in [1.54, 1.807) is 17.0 Å². The molecule has 0 saturated heterocycles. The molecule has 0 N–H and O–H groups in total. The molecule has 0 spiro atoms. The van der Waals surface area contributed by atoms with Gasteiger partial charge in [0.2, 0.25) is 0 Å². The van der Waals surface area contributed by atoms with Crippen molar-refractivity contribution in [2.24, 2.45) is 5.16 Å². The third-order valence-corrected chi connectivity index (χ3v) is 6.41. The maximum absolute atomic E-state index is 13.1. The summed E-state index contributed by atoms with van der Waals surface area (Å²) in [6.07, 6.45) is -4.22. The molecule has 178 valence electrons.